The van der Waals surface area contributed by atoms with Crippen LogP contribution in [0.4, 0.5) is 0 Å². The molecule has 4 rings (SSSR count). The second kappa shape index (κ2) is 9.02. The molecule has 0 saturated heterocycles. The minimum absolute atomic E-state index is 0.0770. The number of rotatable bonds is 8. The van der Waals surface area contributed by atoms with Crippen LogP contribution in [-0.2, 0) is 13.2 Å². The third-order valence-electron chi connectivity index (χ3n) is 4.80. The molecule has 4 heteroatoms. The van der Waals surface area contributed by atoms with Gasteiger partial charge in [0, 0.05) is 23.4 Å². The van der Waals surface area contributed by atoms with Gasteiger partial charge in [0.15, 0.2) is 0 Å². The predicted octanol–water partition coefficient (Wildman–Crippen LogP) is 5.23. The first-order chi connectivity index (χ1) is 13.9. The SMILES string of the molecule is OCc1sccc1-c1ccccc1CNCCOc1cccc2ccccc12. The number of ether oxygens (including phenoxy) is 1. The number of hydrogen-bond donors (Lipinski definition) is 2. The van der Waals surface area contributed by atoms with Crippen LogP contribution in [0.5, 0.6) is 5.75 Å². The first-order valence-corrected chi connectivity index (χ1v) is 10.3. The van der Waals surface area contributed by atoms with Crippen LogP contribution in [0.3, 0.4) is 0 Å². The van der Waals surface area contributed by atoms with Gasteiger partial charge in [-0.1, -0.05) is 60.7 Å². The Kier molecular flexibility index (Phi) is 6.02. The predicted molar refractivity (Wildman–Crippen MR) is 117 cm³/mol. The molecule has 0 bridgehead atoms. The molecule has 3 nitrogen and oxygen atoms in total. The highest BCUT2D eigenvalue weighted by molar-refractivity contribution is 7.10. The van der Waals surface area contributed by atoms with Crippen LogP contribution in [0.1, 0.15) is 10.4 Å². The molecule has 1 heterocycles. The molecule has 0 radical (unpaired) electrons. The van der Waals surface area contributed by atoms with E-state index in [-0.39, 0.29) is 6.61 Å². The van der Waals surface area contributed by atoms with Crippen LogP contribution in [-0.4, -0.2) is 18.3 Å². The summed E-state index contributed by atoms with van der Waals surface area (Å²) in [5, 5.41) is 17.4. The molecule has 0 unspecified atom stereocenters. The summed E-state index contributed by atoms with van der Waals surface area (Å²) in [6, 6.07) is 24.8. The fraction of sp³-hybridized carbons (Fsp3) is 0.167. The maximum Gasteiger partial charge on any atom is 0.127 e. The Bertz CT molecular complexity index is 1050. The molecular weight excluding hydrogens is 366 g/mol. The van der Waals surface area contributed by atoms with Gasteiger partial charge in [-0.2, -0.15) is 0 Å². The minimum atomic E-state index is 0.0770. The number of benzene rings is 3. The molecule has 4 aromatic rings. The van der Waals surface area contributed by atoms with Crippen molar-refractivity contribution in [3.8, 4) is 16.9 Å². The average Bonchev–Trinajstić information content (AvgIpc) is 3.22. The van der Waals surface area contributed by atoms with Crippen molar-refractivity contribution in [2.75, 3.05) is 13.2 Å². The van der Waals surface area contributed by atoms with E-state index in [0.717, 1.165) is 34.7 Å². The van der Waals surface area contributed by atoms with Gasteiger partial charge >= 0.3 is 0 Å². The van der Waals surface area contributed by atoms with Crippen molar-refractivity contribution in [1.82, 2.24) is 5.32 Å². The topological polar surface area (TPSA) is 41.5 Å². The van der Waals surface area contributed by atoms with E-state index in [1.54, 1.807) is 11.3 Å². The monoisotopic (exact) mass is 389 g/mol. The van der Waals surface area contributed by atoms with Gasteiger partial charge in [0.1, 0.15) is 12.4 Å². The summed E-state index contributed by atoms with van der Waals surface area (Å²) in [4.78, 5) is 1.01. The summed E-state index contributed by atoms with van der Waals surface area (Å²) < 4.78 is 6.00. The first kappa shape index (κ1) is 18.7. The van der Waals surface area contributed by atoms with E-state index in [1.165, 1.54) is 16.5 Å². The molecule has 142 valence electrons. The Balaban J connectivity index is 1.36. The van der Waals surface area contributed by atoms with Gasteiger partial charge in [0.2, 0.25) is 0 Å². The fourth-order valence-corrected chi connectivity index (χ4v) is 4.17. The standard InChI is InChI=1S/C24H23NO2S/c26-17-24-22(12-15-28-24)20-9-3-2-7-19(20)16-25-13-14-27-23-11-5-8-18-6-1-4-10-21(18)23/h1-12,15,25-26H,13-14,16-17H2. The number of aliphatic hydroxyl groups is 1. The number of nitrogens with one attached hydrogen (secondary N) is 1. The van der Waals surface area contributed by atoms with Crippen molar-refractivity contribution < 1.29 is 9.84 Å². The zero-order valence-corrected chi connectivity index (χ0v) is 16.4. The summed E-state index contributed by atoms with van der Waals surface area (Å²) in [6.07, 6.45) is 0. The van der Waals surface area contributed by atoms with Crippen LogP contribution in [0.2, 0.25) is 0 Å². The second-order valence-electron chi connectivity index (χ2n) is 6.58. The van der Waals surface area contributed by atoms with E-state index in [1.807, 2.05) is 35.7 Å². The molecule has 0 fully saturated rings. The third kappa shape index (κ3) is 4.09. The van der Waals surface area contributed by atoms with E-state index >= 15 is 0 Å². The van der Waals surface area contributed by atoms with Crippen molar-refractivity contribution in [2.45, 2.75) is 13.2 Å². The van der Waals surface area contributed by atoms with Gasteiger partial charge in [-0.25, -0.2) is 0 Å². The lowest BCUT2D eigenvalue weighted by Crippen LogP contribution is -2.21. The first-order valence-electron chi connectivity index (χ1n) is 9.43. The number of thiophene rings is 1. The summed E-state index contributed by atoms with van der Waals surface area (Å²) in [5.74, 6) is 0.922. The Hall–Kier alpha value is -2.66. The summed E-state index contributed by atoms with van der Waals surface area (Å²) in [7, 11) is 0. The van der Waals surface area contributed by atoms with Crippen LogP contribution >= 0.6 is 11.3 Å². The lowest BCUT2D eigenvalue weighted by Gasteiger charge is -2.12. The molecular formula is C24H23NO2S. The molecule has 1 aromatic heterocycles. The molecule has 3 aromatic carbocycles. The number of aliphatic hydroxyl groups excluding tert-OH is 1. The number of fused-ring (bicyclic) bond motifs is 1. The maximum atomic E-state index is 9.57. The fourth-order valence-electron chi connectivity index (χ4n) is 3.42. The molecule has 28 heavy (non-hydrogen) atoms. The summed E-state index contributed by atoms with van der Waals surface area (Å²) in [5.41, 5.74) is 3.52. The second-order valence-corrected chi connectivity index (χ2v) is 7.58. The lowest BCUT2D eigenvalue weighted by atomic mass is 10.0. The summed E-state index contributed by atoms with van der Waals surface area (Å²) in [6.45, 7) is 2.20. The van der Waals surface area contributed by atoms with E-state index in [2.05, 4.69) is 47.8 Å². The zero-order chi connectivity index (χ0) is 19.2. The van der Waals surface area contributed by atoms with E-state index in [4.69, 9.17) is 4.74 Å². The van der Waals surface area contributed by atoms with Crippen LogP contribution in [0.25, 0.3) is 21.9 Å². The van der Waals surface area contributed by atoms with Crippen LogP contribution < -0.4 is 10.1 Å². The Morgan fingerprint density at radius 3 is 2.61 bits per heavy atom. The van der Waals surface area contributed by atoms with Crippen molar-refractivity contribution >= 4 is 22.1 Å². The van der Waals surface area contributed by atoms with Gasteiger partial charge in [0.25, 0.3) is 0 Å². The average molecular weight is 390 g/mol. The Labute approximate surface area is 169 Å². The highest BCUT2D eigenvalue weighted by Gasteiger charge is 2.10. The van der Waals surface area contributed by atoms with Crippen molar-refractivity contribution in [2.24, 2.45) is 0 Å². The van der Waals surface area contributed by atoms with Crippen molar-refractivity contribution in [1.29, 1.82) is 0 Å². The van der Waals surface area contributed by atoms with Crippen LogP contribution in [0, 0.1) is 0 Å². The maximum absolute atomic E-state index is 9.57. The van der Waals surface area contributed by atoms with Crippen molar-refractivity contribution in [3.05, 3.63) is 88.6 Å². The number of hydrogen-bond acceptors (Lipinski definition) is 4. The Morgan fingerprint density at radius 2 is 1.68 bits per heavy atom. The summed E-state index contributed by atoms with van der Waals surface area (Å²) >= 11 is 1.59. The Morgan fingerprint density at radius 1 is 0.857 bits per heavy atom. The normalized spacial score (nSPS) is 11.0. The van der Waals surface area contributed by atoms with E-state index in [9.17, 15) is 5.11 Å². The zero-order valence-electron chi connectivity index (χ0n) is 15.6. The molecule has 0 spiro atoms. The molecule has 0 aliphatic rings. The third-order valence-corrected chi connectivity index (χ3v) is 5.70. The van der Waals surface area contributed by atoms with Gasteiger partial charge in [-0.05, 0) is 39.6 Å². The van der Waals surface area contributed by atoms with Gasteiger partial charge in [-0.3, -0.25) is 0 Å². The lowest BCUT2D eigenvalue weighted by molar-refractivity contribution is 0.286. The minimum Gasteiger partial charge on any atom is -0.492 e. The molecule has 0 aliphatic heterocycles. The molecule has 0 amide bonds. The van der Waals surface area contributed by atoms with Gasteiger partial charge in [0.05, 0.1) is 6.61 Å². The molecule has 0 saturated carbocycles. The molecule has 0 aliphatic carbocycles. The van der Waals surface area contributed by atoms with Gasteiger partial charge < -0.3 is 15.2 Å². The smallest absolute Gasteiger partial charge is 0.127 e. The molecule has 0 atom stereocenters. The van der Waals surface area contributed by atoms with E-state index < -0.39 is 0 Å². The van der Waals surface area contributed by atoms with Crippen molar-refractivity contribution in [3.63, 3.8) is 0 Å². The van der Waals surface area contributed by atoms with E-state index in [0.29, 0.717) is 6.61 Å². The van der Waals surface area contributed by atoms with Crippen LogP contribution in [0.15, 0.2) is 78.2 Å². The largest absolute Gasteiger partial charge is 0.492 e. The van der Waals surface area contributed by atoms with Gasteiger partial charge in [-0.15, -0.1) is 11.3 Å². The highest BCUT2D eigenvalue weighted by Crippen LogP contribution is 2.31. The molecule has 2 N–H and O–H groups in total. The quantitative estimate of drug-likeness (QED) is 0.406. The highest BCUT2D eigenvalue weighted by atomic mass is 32.1.